The Bertz CT molecular complexity index is 1750. The molecule has 0 spiro atoms. The summed E-state index contributed by atoms with van der Waals surface area (Å²) >= 11 is 0. The van der Waals surface area contributed by atoms with Gasteiger partial charge in [0.1, 0.15) is 23.1 Å². The van der Waals surface area contributed by atoms with Gasteiger partial charge < -0.3 is 14.8 Å². The minimum Gasteiger partial charge on any atom is -0.496 e. The minimum atomic E-state index is -4.12. The highest BCUT2D eigenvalue weighted by Crippen LogP contribution is 2.40. The average Bonchev–Trinajstić information content (AvgIpc) is 2.98. The summed E-state index contributed by atoms with van der Waals surface area (Å²) in [4.78, 5) is 0. The van der Waals surface area contributed by atoms with E-state index in [0.29, 0.717) is 29.0 Å². The normalized spacial score (nSPS) is 11.5. The number of benzene rings is 4. The van der Waals surface area contributed by atoms with Gasteiger partial charge in [0.2, 0.25) is 0 Å². The van der Waals surface area contributed by atoms with Gasteiger partial charge in [-0.3, -0.25) is 4.55 Å². The molecule has 0 bridgehead atoms. The third-order valence-electron chi connectivity index (χ3n) is 7.95. The topological polar surface area (TPSA) is 84.9 Å². The van der Waals surface area contributed by atoms with Gasteiger partial charge in [-0.25, -0.2) is 8.78 Å². The van der Waals surface area contributed by atoms with Crippen LogP contribution in [0.1, 0.15) is 42.0 Å². The number of rotatable bonds is 13. The molecule has 0 saturated heterocycles. The van der Waals surface area contributed by atoms with E-state index in [-0.39, 0.29) is 24.5 Å². The van der Waals surface area contributed by atoms with Crippen LogP contribution in [0.15, 0.2) is 60.7 Å². The van der Waals surface area contributed by atoms with Gasteiger partial charge in [-0.15, -0.1) is 0 Å². The molecule has 0 fully saturated rings. The van der Waals surface area contributed by atoms with Gasteiger partial charge in [0, 0.05) is 24.2 Å². The van der Waals surface area contributed by atoms with Crippen molar-refractivity contribution >= 4 is 10.1 Å². The van der Waals surface area contributed by atoms with E-state index in [2.05, 4.69) is 12.2 Å². The maximum atomic E-state index is 15.4. The van der Waals surface area contributed by atoms with Crippen molar-refractivity contribution in [3.63, 3.8) is 0 Å². The second-order valence-corrected chi connectivity index (χ2v) is 12.4. The fraction of sp³-hybridized carbons (Fsp3) is 0.314. The summed E-state index contributed by atoms with van der Waals surface area (Å²) in [5.41, 5.74) is 7.79. The van der Waals surface area contributed by atoms with Crippen molar-refractivity contribution in [2.24, 2.45) is 0 Å². The number of ether oxygens (including phenoxy) is 2. The fourth-order valence-corrected chi connectivity index (χ4v) is 5.96. The van der Waals surface area contributed by atoms with Crippen LogP contribution in [0.5, 0.6) is 11.5 Å². The predicted octanol–water partition coefficient (Wildman–Crippen LogP) is 7.92. The van der Waals surface area contributed by atoms with Gasteiger partial charge in [0.25, 0.3) is 10.1 Å². The van der Waals surface area contributed by atoms with Crippen LogP contribution in [0.4, 0.5) is 8.78 Å². The first-order valence-electron chi connectivity index (χ1n) is 14.6. The van der Waals surface area contributed by atoms with Gasteiger partial charge in [0.15, 0.2) is 0 Å². The first-order valence-corrected chi connectivity index (χ1v) is 16.2. The average molecular weight is 624 g/mol. The van der Waals surface area contributed by atoms with Crippen LogP contribution in [0.3, 0.4) is 0 Å². The molecule has 6 nitrogen and oxygen atoms in total. The van der Waals surface area contributed by atoms with Crippen molar-refractivity contribution in [2.75, 3.05) is 26.5 Å². The van der Waals surface area contributed by atoms with Gasteiger partial charge in [-0.05, 0) is 95.5 Å². The highest BCUT2D eigenvalue weighted by atomic mass is 32.2. The van der Waals surface area contributed by atoms with Crippen LogP contribution in [0.25, 0.3) is 33.4 Å². The zero-order valence-electron chi connectivity index (χ0n) is 25.8. The Balaban J connectivity index is 1.71. The quantitative estimate of drug-likeness (QED) is 0.116. The van der Waals surface area contributed by atoms with Crippen molar-refractivity contribution in [3.8, 4) is 44.9 Å². The molecule has 4 aromatic rings. The molecule has 0 saturated carbocycles. The molecule has 0 aliphatic rings. The van der Waals surface area contributed by atoms with Crippen molar-refractivity contribution in [1.82, 2.24) is 5.32 Å². The van der Waals surface area contributed by atoms with Gasteiger partial charge >= 0.3 is 0 Å². The summed E-state index contributed by atoms with van der Waals surface area (Å²) in [5, 5.41) is 2.83. The number of nitrogens with one attached hydrogen (secondary N) is 1. The Kier molecular flexibility index (Phi) is 10.8. The first kappa shape index (κ1) is 33.1. The molecule has 0 radical (unpaired) electrons. The second-order valence-electron chi connectivity index (χ2n) is 10.8. The Hall–Kier alpha value is -3.79. The molecule has 0 heterocycles. The molecule has 234 valence electrons. The van der Waals surface area contributed by atoms with E-state index in [4.69, 9.17) is 14.0 Å². The smallest absolute Gasteiger partial charge is 0.266 e. The lowest BCUT2D eigenvalue weighted by atomic mass is 9.87. The highest BCUT2D eigenvalue weighted by molar-refractivity contribution is 7.85. The van der Waals surface area contributed by atoms with E-state index in [1.165, 1.54) is 13.2 Å². The highest BCUT2D eigenvalue weighted by Gasteiger charge is 2.18. The van der Waals surface area contributed by atoms with E-state index in [0.717, 1.165) is 51.8 Å². The van der Waals surface area contributed by atoms with E-state index >= 15 is 8.78 Å². The maximum Gasteiger partial charge on any atom is 0.266 e. The van der Waals surface area contributed by atoms with Crippen LogP contribution in [-0.4, -0.2) is 39.5 Å². The van der Waals surface area contributed by atoms with Crippen LogP contribution in [0.2, 0.25) is 0 Å². The Morgan fingerprint density at radius 1 is 0.773 bits per heavy atom. The lowest BCUT2D eigenvalue weighted by molar-refractivity contribution is 0.402. The Morgan fingerprint density at radius 2 is 1.25 bits per heavy atom. The summed E-state index contributed by atoms with van der Waals surface area (Å²) in [6, 6.07) is 18.5. The molecule has 9 heteroatoms. The number of methoxy groups -OCH3 is 2. The molecular weight excluding hydrogens is 584 g/mol. The van der Waals surface area contributed by atoms with Crippen molar-refractivity contribution in [2.45, 2.75) is 46.6 Å². The first-order chi connectivity index (χ1) is 21.0. The SMILES string of the molecule is CCCCc1c(F)cc(-c2cccc(-c3cccc(-c4cc(F)c(CNCCS(=O)(=O)O)c(OC)c4)c3C)c2C)cc1OC. The molecule has 4 rings (SSSR count). The summed E-state index contributed by atoms with van der Waals surface area (Å²) in [6.07, 6.45) is 2.46. The van der Waals surface area contributed by atoms with Gasteiger partial charge in [-0.1, -0.05) is 49.7 Å². The van der Waals surface area contributed by atoms with E-state index in [1.54, 1.807) is 19.2 Å². The Labute approximate surface area is 258 Å². The third-order valence-corrected chi connectivity index (χ3v) is 8.67. The summed E-state index contributed by atoms with van der Waals surface area (Å²) in [7, 11) is -1.10. The molecule has 44 heavy (non-hydrogen) atoms. The van der Waals surface area contributed by atoms with Crippen LogP contribution < -0.4 is 14.8 Å². The maximum absolute atomic E-state index is 15.4. The lowest BCUT2D eigenvalue weighted by Crippen LogP contribution is -2.23. The number of halogens is 2. The molecule has 0 aliphatic heterocycles. The molecule has 2 N–H and O–H groups in total. The van der Waals surface area contributed by atoms with Crippen molar-refractivity contribution < 1.29 is 31.2 Å². The van der Waals surface area contributed by atoms with E-state index in [1.807, 2.05) is 56.3 Å². The molecule has 0 aliphatic carbocycles. The standard InChI is InChI=1S/C35H39F2NO5S/c1-6-7-10-30-32(36)17-24(19-34(30)42-4)26-11-8-13-28(22(26)2)29-14-9-12-27(23(29)3)25-18-33(37)31(35(20-25)43-5)21-38-15-16-44(39,40)41/h8-9,11-14,17-20,38H,6-7,10,15-16,21H2,1-5H3,(H,39,40,41). The minimum absolute atomic E-state index is 0.0286. The van der Waals surface area contributed by atoms with E-state index < -0.39 is 21.7 Å². The lowest BCUT2D eigenvalue weighted by Gasteiger charge is -2.18. The van der Waals surface area contributed by atoms with Crippen molar-refractivity contribution in [1.29, 1.82) is 0 Å². The van der Waals surface area contributed by atoms with Crippen LogP contribution in [-0.2, 0) is 23.1 Å². The fourth-order valence-electron chi connectivity index (χ4n) is 5.56. The van der Waals surface area contributed by atoms with Crippen LogP contribution in [0, 0.1) is 25.5 Å². The number of hydrogen-bond acceptors (Lipinski definition) is 5. The summed E-state index contributed by atoms with van der Waals surface area (Å²) < 4.78 is 72.6. The predicted molar refractivity (Wildman–Crippen MR) is 172 cm³/mol. The zero-order valence-corrected chi connectivity index (χ0v) is 26.6. The number of unbranched alkanes of at least 4 members (excludes halogenated alkanes) is 1. The zero-order chi connectivity index (χ0) is 32.0. The van der Waals surface area contributed by atoms with Crippen LogP contribution >= 0.6 is 0 Å². The number of hydrogen-bond donors (Lipinski definition) is 2. The van der Waals surface area contributed by atoms with Gasteiger partial charge in [-0.2, -0.15) is 8.42 Å². The molecule has 0 unspecified atom stereocenters. The van der Waals surface area contributed by atoms with Gasteiger partial charge in [0.05, 0.1) is 20.0 Å². The molecule has 4 aromatic carbocycles. The molecular formula is C35H39F2NO5S. The van der Waals surface area contributed by atoms with Crippen molar-refractivity contribution in [3.05, 3.63) is 94.6 Å². The summed E-state index contributed by atoms with van der Waals surface area (Å²) in [6.45, 7) is 6.06. The molecule has 0 amide bonds. The summed E-state index contributed by atoms with van der Waals surface area (Å²) in [5.74, 6) is -0.386. The molecule has 0 aromatic heterocycles. The van der Waals surface area contributed by atoms with E-state index in [9.17, 15) is 8.42 Å². The molecule has 0 atom stereocenters. The largest absolute Gasteiger partial charge is 0.496 e. The second kappa shape index (κ2) is 14.3. The third kappa shape index (κ3) is 7.46. The monoisotopic (exact) mass is 623 g/mol. The Morgan fingerprint density at radius 3 is 1.73 bits per heavy atom.